The van der Waals surface area contributed by atoms with E-state index < -0.39 is 14.9 Å². The number of para-hydroxylation sites is 2. The average molecular weight is 366 g/mol. The first-order valence-corrected chi connectivity index (χ1v) is 8.78. The summed E-state index contributed by atoms with van der Waals surface area (Å²) in [5, 5.41) is 10.9. The Morgan fingerprint density at radius 1 is 1.00 bits per heavy atom. The minimum Gasteiger partial charge on any atom is -0.490 e. The highest BCUT2D eigenvalue weighted by Crippen LogP contribution is 2.25. The minimum atomic E-state index is -3.48. The van der Waals surface area contributed by atoms with Crippen molar-refractivity contribution in [2.75, 3.05) is 27.3 Å². The molecule has 0 saturated carbocycles. The van der Waals surface area contributed by atoms with Gasteiger partial charge in [0.25, 0.3) is 0 Å². The quantitative estimate of drug-likeness (QED) is 0.404. The highest BCUT2D eigenvalue weighted by atomic mass is 32.2. The number of ether oxygens (including phenoxy) is 2. The van der Waals surface area contributed by atoms with Crippen LogP contribution < -0.4 is 9.47 Å². The lowest BCUT2D eigenvalue weighted by Gasteiger charge is -2.12. The molecule has 0 aromatic heterocycles. The van der Waals surface area contributed by atoms with E-state index in [0.29, 0.717) is 5.75 Å². The van der Waals surface area contributed by atoms with E-state index in [1.165, 1.54) is 38.4 Å². The molecular formula is C16H18N2O6S. The zero-order chi connectivity index (χ0) is 18.4. The fourth-order valence-corrected chi connectivity index (χ4v) is 2.86. The van der Waals surface area contributed by atoms with Gasteiger partial charge >= 0.3 is 5.69 Å². The maximum Gasteiger partial charge on any atom is 0.310 e. The summed E-state index contributed by atoms with van der Waals surface area (Å²) in [4.78, 5) is 10.5. The zero-order valence-corrected chi connectivity index (χ0v) is 14.6. The van der Waals surface area contributed by atoms with E-state index in [4.69, 9.17) is 9.47 Å². The van der Waals surface area contributed by atoms with Crippen molar-refractivity contribution in [2.45, 2.75) is 4.90 Å². The Labute approximate surface area is 145 Å². The van der Waals surface area contributed by atoms with Gasteiger partial charge in [0.2, 0.25) is 10.0 Å². The molecule has 0 aliphatic carbocycles. The number of hydrogen-bond acceptors (Lipinski definition) is 6. The molecule has 0 aliphatic heterocycles. The summed E-state index contributed by atoms with van der Waals surface area (Å²) in [7, 11) is -0.562. The Bertz CT molecular complexity index is 834. The summed E-state index contributed by atoms with van der Waals surface area (Å²) in [5.41, 5.74) is -0.110. The molecule has 8 nitrogen and oxygen atoms in total. The number of nitro benzene ring substituents is 1. The smallest absolute Gasteiger partial charge is 0.310 e. The molecule has 0 bridgehead atoms. The first-order valence-electron chi connectivity index (χ1n) is 7.34. The van der Waals surface area contributed by atoms with Gasteiger partial charge in [0, 0.05) is 20.2 Å². The monoisotopic (exact) mass is 366 g/mol. The molecule has 0 spiro atoms. The van der Waals surface area contributed by atoms with Gasteiger partial charge in [-0.15, -0.1) is 0 Å². The van der Waals surface area contributed by atoms with E-state index >= 15 is 0 Å². The van der Waals surface area contributed by atoms with Gasteiger partial charge in [-0.1, -0.05) is 12.1 Å². The van der Waals surface area contributed by atoms with Crippen LogP contribution in [0.3, 0.4) is 0 Å². The molecule has 0 saturated heterocycles. The SMILES string of the molecule is CN(C)S(=O)(=O)c1ccc(OCCOc2ccccc2[N+](=O)[O-])cc1. The van der Waals surface area contributed by atoms with Gasteiger partial charge in [0.05, 0.1) is 9.82 Å². The van der Waals surface area contributed by atoms with Crippen molar-refractivity contribution in [2.24, 2.45) is 0 Å². The Morgan fingerprint density at radius 3 is 2.20 bits per heavy atom. The number of hydrogen-bond donors (Lipinski definition) is 0. The molecular weight excluding hydrogens is 348 g/mol. The molecule has 2 rings (SSSR count). The molecule has 2 aromatic carbocycles. The first kappa shape index (κ1) is 18.7. The van der Waals surface area contributed by atoms with Crippen LogP contribution in [-0.2, 0) is 10.0 Å². The van der Waals surface area contributed by atoms with E-state index in [1.54, 1.807) is 24.3 Å². The molecule has 134 valence electrons. The van der Waals surface area contributed by atoms with Crippen LogP contribution in [-0.4, -0.2) is 45.0 Å². The third-order valence-corrected chi connectivity index (χ3v) is 5.10. The number of rotatable bonds is 8. The van der Waals surface area contributed by atoms with E-state index in [2.05, 4.69) is 0 Å². The lowest BCUT2D eigenvalue weighted by molar-refractivity contribution is -0.385. The van der Waals surface area contributed by atoms with E-state index in [-0.39, 0.29) is 29.5 Å². The van der Waals surface area contributed by atoms with E-state index in [1.807, 2.05) is 0 Å². The Balaban J connectivity index is 1.90. The van der Waals surface area contributed by atoms with Crippen LogP contribution in [0.5, 0.6) is 11.5 Å². The molecule has 0 N–H and O–H groups in total. The van der Waals surface area contributed by atoms with Gasteiger partial charge in [-0.05, 0) is 30.3 Å². The largest absolute Gasteiger partial charge is 0.490 e. The fourth-order valence-electron chi connectivity index (χ4n) is 1.96. The molecule has 9 heteroatoms. The lowest BCUT2D eigenvalue weighted by Crippen LogP contribution is -2.22. The van der Waals surface area contributed by atoms with Crippen LogP contribution in [0.15, 0.2) is 53.4 Å². The highest BCUT2D eigenvalue weighted by Gasteiger charge is 2.17. The van der Waals surface area contributed by atoms with Gasteiger partial charge in [-0.25, -0.2) is 12.7 Å². The van der Waals surface area contributed by atoms with Crippen molar-refractivity contribution in [1.82, 2.24) is 4.31 Å². The van der Waals surface area contributed by atoms with Crippen molar-refractivity contribution in [3.63, 3.8) is 0 Å². The maximum atomic E-state index is 12.0. The van der Waals surface area contributed by atoms with Crippen LogP contribution in [0.2, 0.25) is 0 Å². The fraction of sp³-hybridized carbons (Fsp3) is 0.250. The van der Waals surface area contributed by atoms with Gasteiger partial charge in [0.15, 0.2) is 5.75 Å². The van der Waals surface area contributed by atoms with Gasteiger partial charge < -0.3 is 9.47 Å². The lowest BCUT2D eigenvalue weighted by atomic mass is 10.3. The van der Waals surface area contributed by atoms with Crippen molar-refractivity contribution in [3.05, 3.63) is 58.6 Å². The van der Waals surface area contributed by atoms with E-state index in [9.17, 15) is 18.5 Å². The molecule has 0 aliphatic rings. The predicted molar refractivity (Wildman–Crippen MR) is 91.4 cm³/mol. The second-order valence-electron chi connectivity index (χ2n) is 5.18. The van der Waals surface area contributed by atoms with Crippen LogP contribution in [0, 0.1) is 10.1 Å². The average Bonchev–Trinajstić information content (AvgIpc) is 2.59. The molecule has 0 unspecified atom stereocenters. The normalized spacial score (nSPS) is 11.3. The topological polar surface area (TPSA) is 99.0 Å². The molecule has 0 fully saturated rings. The van der Waals surface area contributed by atoms with Crippen LogP contribution >= 0.6 is 0 Å². The summed E-state index contributed by atoms with van der Waals surface area (Å²) >= 11 is 0. The van der Waals surface area contributed by atoms with Crippen molar-refractivity contribution in [3.8, 4) is 11.5 Å². The molecule has 0 heterocycles. The second kappa shape index (κ2) is 7.95. The third kappa shape index (κ3) is 4.68. The van der Waals surface area contributed by atoms with Gasteiger partial charge in [-0.2, -0.15) is 0 Å². The van der Waals surface area contributed by atoms with Gasteiger partial charge in [0.1, 0.15) is 19.0 Å². The summed E-state index contributed by atoms with van der Waals surface area (Å²) in [6.07, 6.45) is 0. The molecule has 0 radical (unpaired) electrons. The first-order chi connectivity index (χ1) is 11.8. The standard InChI is InChI=1S/C16H18N2O6S/c1-17(2)25(21,22)14-9-7-13(8-10-14)23-11-12-24-16-6-4-3-5-15(16)18(19)20/h3-10H,11-12H2,1-2H3. The van der Waals surface area contributed by atoms with Crippen LogP contribution in [0.4, 0.5) is 5.69 Å². The Kier molecular flexibility index (Phi) is 5.94. The number of nitro groups is 1. The Morgan fingerprint density at radius 2 is 1.60 bits per heavy atom. The van der Waals surface area contributed by atoms with E-state index in [0.717, 1.165) is 4.31 Å². The number of sulfonamides is 1. The summed E-state index contributed by atoms with van der Waals surface area (Å²) in [5.74, 6) is 0.646. The maximum absolute atomic E-state index is 12.0. The predicted octanol–water partition coefficient (Wildman–Crippen LogP) is 2.30. The highest BCUT2D eigenvalue weighted by molar-refractivity contribution is 7.89. The summed E-state index contributed by atoms with van der Waals surface area (Å²) in [6.45, 7) is 0.272. The number of nitrogens with zero attached hydrogens (tertiary/aromatic N) is 2. The molecule has 2 aromatic rings. The summed E-state index contributed by atoms with van der Waals surface area (Å²) in [6, 6.07) is 12.1. The van der Waals surface area contributed by atoms with Crippen molar-refractivity contribution < 1.29 is 22.8 Å². The number of benzene rings is 2. The van der Waals surface area contributed by atoms with Crippen LogP contribution in [0.1, 0.15) is 0 Å². The van der Waals surface area contributed by atoms with Crippen molar-refractivity contribution >= 4 is 15.7 Å². The molecule has 0 amide bonds. The summed E-state index contributed by atoms with van der Waals surface area (Å²) < 4.78 is 35.9. The van der Waals surface area contributed by atoms with Crippen molar-refractivity contribution in [1.29, 1.82) is 0 Å². The molecule has 25 heavy (non-hydrogen) atoms. The van der Waals surface area contributed by atoms with Gasteiger partial charge in [-0.3, -0.25) is 10.1 Å². The second-order valence-corrected chi connectivity index (χ2v) is 7.33. The Hall–Kier alpha value is -2.65. The zero-order valence-electron chi connectivity index (χ0n) is 13.8. The molecule has 0 atom stereocenters. The minimum absolute atomic E-state index is 0.110. The third-order valence-electron chi connectivity index (χ3n) is 3.27. The van der Waals surface area contributed by atoms with Crippen LogP contribution in [0.25, 0.3) is 0 Å².